The number of aryl methyl sites for hydroxylation is 1. The van der Waals surface area contributed by atoms with Crippen molar-refractivity contribution in [2.75, 3.05) is 7.05 Å². The largest absolute Gasteiger partial charge is 0.337 e. The first-order chi connectivity index (χ1) is 10.6. The molecular weight excluding hydrogens is 272 g/mol. The Kier molecular flexibility index (Phi) is 3.88. The van der Waals surface area contributed by atoms with E-state index in [0.717, 1.165) is 22.2 Å². The van der Waals surface area contributed by atoms with Gasteiger partial charge in [0.15, 0.2) is 0 Å². The van der Waals surface area contributed by atoms with E-state index >= 15 is 0 Å². The number of carbonyl (C=O) groups excluding carboxylic acids is 1. The Labute approximate surface area is 130 Å². The van der Waals surface area contributed by atoms with Gasteiger partial charge in [0, 0.05) is 24.7 Å². The molecule has 3 rings (SSSR count). The van der Waals surface area contributed by atoms with E-state index in [0.29, 0.717) is 12.1 Å². The van der Waals surface area contributed by atoms with Gasteiger partial charge < -0.3 is 4.90 Å². The van der Waals surface area contributed by atoms with Gasteiger partial charge in [0.05, 0.1) is 11.1 Å². The van der Waals surface area contributed by atoms with Crippen molar-refractivity contribution in [1.82, 2.24) is 9.88 Å². The summed E-state index contributed by atoms with van der Waals surface area (Å²) in [6, 6.07) is 19.6. The highest BCUT2D eigenvalue weighted by molar-refractivity contribution is 6.06. The molecule has 22 heavy (non-hydrogen) atoms. The molecule has 2 aromatic carbocycles. The number of hydrogen-bond acceptors (Lipinski definition) is 2. The fourth-order valence-electron chi connectivity index (χ4n) is 2.62. The van der Waals surface area contributed by atoms with Crippen LogP contribution in [0.1, 0.15) is 21.6 Å². The second-order valence-electron chi connectivity index (χ2n) is 5.48. The number of amides is 1. The summed E-state index contributed by atoms with van der Waals surface area (Å²) in [5, 5.41) is 0.901. The van der Waals surface area contributed by atoms with Crippen LogP contribution in [0.3, 0.4) is 0 Å². The molecule has 0 N–H and O–H groups in total. The van der Waals surface area contributed by atoms with E-state index in [1.165, 1.54) is 0 Å². The maximum absolute atomic E-state index is 12.8. The lowest BCUT2D eigenvalue weighted by Gasteiger charge is -2.18. The number of hydrogen-bond donors (Lipinski definition) is 0. The molecule has 3 aromatic rings. The topological polar surface area (TPSA) is 33.2 Å². The molecule has 0 atom stereocenters. The van der Waals surface area contributed by atoms with Crippen LogP contribution >= 0.6 is 0 Å². The van der Waals surface area contributed by atoms with Crippen LogP contribution in [0.15, 0.2) is 60.7 Å². The van der Waals surface area contributed by atoms with Gasteiger partial charge in [-0.3, -0.25) is 9.78 Å². The summed E-state index contributed by atoms with van der Waals surface area (Å²) in [6.45, 7) is 2.51. The highest BCUT2D eigenvalue weighted by atomic mass is 16.2. The summed E-state index contributed by atoms with van der Waals surface area (Å²) in [7, 11) is 1.83. The van der Waals surface area contributed by atoms with Gasteiger partial charge in [-0.25, -0.2) is 0 Å². The number of benzene rings is 2. The van der Waals surface area contributed by atoms with E-state index in [-0.39, 0.29) is 5.91 Å². The number of pyridine rings is 1. The second kappa shape index (κ2) is 5.98. The smallest absolute Gasteiger partial charge is 0.254 e. The fourth-order valence-corrected chi connectivity index (χ4v) is 2.62. The highest BCUT2D eigenvalue weighted by Crippen LogP contribution is 2.20. The van der Waals surface area contributed by atoms with Gasteiger partial charge >= 0.3 is 0 Å². The zero-order chi connectivity index (χ0) is 15.5. The Morgan fingerprint density at radius 2 is 1.73 bits per heavy atom. The summed E-state index contributed by atoms with van der Waals surface area (Å²) >= 11 is 0. The summed E-state index contributed by atoms with van der Waals surface area (Å²) < 4.78 is 0. The summed E-state index contributed by atoms with van der Waals surface area (Å²) in [5.74, 6) is 0.0190. The van der Waals surface area contributed by atoms with E-state index < -0.39 is 0 Å². The van der Waals surface area contributed by atoms with Gasteiger partial charge in [0.25, 0.3) is 5.91 Å². The van der Waals surface area contributed by atoms with Gasteiger partial charge in [-0.15, -0.1) is 0 Å². The lowest BCUT2D eigenvalue weighted by Crippen LogP contribution is -2.26. The Hall–Kier alpha value is -2.68. The van der Waals surface area contributed by atoms with E-state index in [1.807, 2.05) is 74.6 Å². The predicted molar refractivity (Wildman–Crippen MR) is 88.7 cm³/mol. The zero-order valence-electron chi connectivity index (χ0n) is 12.8. The van der Waals surface area contributed by atoms with Crippen LogP contribution in [0.5, 0.6) is 0 Å². The first-order valence-electron chi connectivity index (χ1n) is 7.31. The van der Waals surface area contributed by atoms with Crippen LogP contribution in [0.2, 0.25) is 0 Å². The average molecular weight is 290 g/mol. The molecule has 1 heterocycles. The minimum absolute atomic E-state index is 0.0190. The van der Waals surface area contributed by atoms with E-state index in [9.17, 15) is 4.79 Å². The van der Waals surface area contributed by atoms with Gasteiger partial charge in [-0.1, -0.05) is 48.5 Å². The number of carbonyl (C=O) groups is 1. The van der Waals surface area contributed by atoms with Crippen LogP contribution in [0.25, 0.3) is 10.9 Å². The number of para-hydroxylation sites is 1. The third-order valence-corrected chi connectivity index (χ3v) is 3.68. The normalized spacial score (nSPS) is 10.6. The molecule has 0 fully saturated rings. The standard InChI is InChI=1S/C19H18N2O/c1-14-12-17(16-10-6-7-11-18(16)20-14)19(22)21(2)13-15-8-4-3-5-9-15/h3-12H,13H2,1-2H3. The van der Waals surface area contributed by atoms with E-state index in [4.69, 9.17) is 0 Å². The van der Waals surface area contributed by atoms with Crippen molar-refractivity contribution in [2.24, 2.45) is 0 Å². The lowest BCUT2D eigenvalue weighted by molar-refractivity contribution is 0.0787. The van der Waals surface area contributed by atoms with Crippen LogP contribution in [-0.2, 0) is 6.54 Å². The molecule has 110 valence electrons. The fraction of sp³-hybridized carbons (Fsp3) is 0.158. The average Bonchev–Trinajstić information content (AvgIpc) is 2.54. The van der Waals surface area contributed by atoms with E-state index in [1.54, 1.807) is 4.90 Å². The van der Waals surface area contributed by atoms with Crippen LogP contribution in [-0.4, -0.2) is 22.8 Å². The second-order valence-corrected chi connectivity index (χ2v) is 5.48. The molecule has 1 aromatic heterocycles. The maximum Gasteiger partial charge on any atom is 0.254 e. The van der Waals surface area contributed by atoms with Gasteiger partial charge in [0.1, 0.15) is 0 Å². The van der Waals surface area contributed by atoms with Crippen molar-refractivity contribution in [2.45, 2.75) is 13.5 Å². The van der Waals surface area contributed by atoms with Crippen LogP contribution in [0.4, 0.5) is 0 Å². The van der Waals surface area contributed by atoms with Gasteiger partial charge in [-0.05, 0) is 24.6 Å². The van der Waals surface area contributed by atoms with Crippen molar-refractivity contribution in [1.29, 1.82) is 0 Å². The van der Waals surface area contributed by atoms with Crippen LogP contribution in [0, 0.1) is 6.92 Å². The summed E-state index contributed by atoms with van der Waals surface area (Å²) in [6.07, 6.45) is 0. The molecule has 0 aliphatic rings. The molecular formula is C19H18N2O. The molecule has 1 amide bonds. The molecule has 0 aliphatic heterocycles. The zero-order valence-corrected chi connectivity index (χ0v) is 12.8. The predicted octanol–water partition coefficient (Wildman–Crippen LogP) is 3.82. The monoisotopic (exact) mass is 290 g/mol. The Bertz CT molecular complexity index is 812. The molecule has 0 bridgehead atoms. The van der Waals surface area contributed by atoms with Gasteiger partial charge in [-0.2, -0.15) is 0 Å². The third-order valence-electron chi connectivity index (χ3n) is 3.68. The van der Waals surface area contributed by atoms with Crippen molar-refractivity contribution in [3.05, 3.63) is 77.5 Å². The SMILES string of the molecule is Cc1cc(C(=O)N(C)Cc2ccccc2)c2ccccc2n1. The van der Waals surface area contributed by atoms with Crippen LogP contribution < -0.4 is 0 Å². The Morgan fingerprint density at radius 1 is 1.05 bits per heavy atom. The minimum Gasteiger partial charge on any atom is -0.337 e. The molecule has 3 nitrogen and oxygen atoms in total. The Morgan fingerprint density at radius 3 is 2.50 bits per heavy atom. The number of aromatic nitrogens is 1. The minimum atomic E-state index is 0.0190. The summed E-state index contributed by atoms with van der Waals surface area (Å²) in [4.78, 5) is 19.1. The van der Waals surface area contributed by atoms with Crippen molar-refractivity contribution >= 4 is 16.8 Å². The number of nitrogens with zero attached hydrogens (tertiary/aromatic N) is 2. The quantitative estimate of drug-likeness (QED) is 0.735. The molecule has 0 unspecified atom stereocenters. The summed E-state index contributed by atoms with van der Waals surface area (Å²) in [5.41, 5.74) is 3.55. The highest BCUT2D eigenvalue weighted by Gasteiger charge is 2.16. The maximum atomic E-state index is 12.8. The first-order valence-corrected chi connectivity index (χ1v) is 7.31. The number of rotatable bonds is 3. The van der Waals surface area contributed by atoms with Crippen molar-refractivity contribution in [3.8, 4) is 0 Å². The van der Waals surface area contributed by atoms with Gasteiger partial charge in [0.2, 0.25) is 0 Å². The van der Waals surface area contributed by atoms with Crippen molar-refractivity contribution in [3.63, 3.8) is 0 Å². The molecule has 0 saturated heterocycles. The third kappa shape index (κ3) is 2.84. The lowest BCUT2D eigenvalue weighted by atomic mass is 10.1. The Balaban J connectivity index is 1.95. The molecule has 0 radical (unpaired) electrons. The van der Waals surface area contributed by atoms with E-state index in [2.05, 4.69) is 4.98 Å². The number of fused-ring (bicyclic) bond motifs is 1. The molecule has 0 spiro atoms. The molecule has 0 aliphatic carbocycles. The first kappa shape index (κ1) is 14.3. The molecule has 0 saturated carbocycles. The van der Waals surface area contributed by atoms with Crippen molar-refractivity contribution < 1.29 is 4.79 Å². The molecule has 3 heteroatoms.